The zero-order valence-electron chi connectivity index (χ0n) is 10.4. The molecule has 2 rings (SSSR count). The first-order chi connectivity index (χ1) is 10.2. The standard InChI is InChI=1S/C12H5BrClF4N3O/c13-7-1-6(12(16,17)18)9(14)10(15)8(7)11(22)21-5-2-19-4-20-3-5/h1-4H,(H,21,22). The van der Waals surface area contributed by atoms with Crippen LogP contribution in [0.1, 0.15) is 15.9 Å². The number of amides is 1. The Labute approximate surface area is 134 Å². The molecule has 2 aromatic rings. The Hall–Kier alpha value is -1.74. The van der Waals surface area contributed by atoms with Gasteiger partial charge in [0.05, 0.1) is 34.2 Å². The molecule has 0 saturated carbocycles. The van der Waals surface area contributed by atoms with Crippen LogP contribution < -0.4 is 5.32 Å². The molecule has 0 aliphatic rings. The highest BCUT2D eigenvalue weighted by Gasteiger charge is 2.37. The van der Waals surface area contributed by atoms with Crippen molar-refractivity contribution < 1.29 is 22.4 Å². The number of anilines is 1. The average molecular weight is 399 g/mol. The van der Waals surface area contributed by atoms with E-state index in [-0.39, 0.29) is 10.2 Å². The van der Waals surface area contributed by atoms with Crippen LogP contribution in [-0.2, 0) is 6.18 Å². The van der Waals surface area contributed by atoms with Gasteiger partial charge in [0.25, 0.3) is 5.91 Å². The monoisotopic (exact) mass is 397 g/mol. The first-order valence-corrected chi connectivity index (χ1v) is 6.70. The van der Waals surface area contributed by atoms with Crippen molar-refractivity contribution in [2.24, 2.45) is 0 Å². The van der Waals surface area contributed by atoms with E-state index in [0.29, 0.717) is 6.07 Å². The molecule has 0 fully saturated rings. The van der Waals surface area contributed by atoms with Gasteiger partial charge in [-0.1, -0.05) is 11.6 Å². The maximum Gasteiger partial charge on any atom is 0.417 e. The summed E-state index contributed by atoms with van der Waals surface area (Å²) in [5.41, 5.74) is -1.88. The van der Waals surface area contributed by atoms with Crippen LogP contribution in [0, 0.1) is 5.82 Å². The number of carbonyl (C=O) groups is 1. The molecule has 1 amide bonds. The Bertz CT molecular complexity index is 725. The van der Waals surface area contributed by atoms with Crippen LogP contribution in [0.5, 0.6) is 0 Å². The van der Waals surface area contributed by atoms with Gasteiger partial charge < -0.3 is 5.32 Å². The highest BCUT2D eigenvalue weighted by atomic mass is 79.9. The van der Waals surface area contributed by atoms with E-state index in [9.17, 15) is 22.4 Å². The Morgan fingerprint density at radius 2 is 1.86 bits per heavy atom. The number of nitrogens with zero attached hydrogens (tertiary/aromatic N) is 2. The van der Waals surface area contributed by atoms with Crippen LogP contribution >= 0.6 is 27.5 Å². The van der Waals surface area contributed by atoms with E-state index >= 15 is 0 Å². The predicted octanol–water partition coefficient (Wildman–Crippen LogP) is 4.30. The van der Waals surface area contributed by atoms with Gasteiger partial charge in [0, 0.05) is 4.47 Å². The van der Waals surface area contributed by atoms with Gasteiger partial charge in [0.2, 0.25) is 0 Å². The first-order valence-electron chi connectivity index (χ1n) is 5.53. The van der Waals surface area contributed by atoms with E-state index in [1.165, 1.54) is 18.7 Å². The predicted molar refractivity (Wildman–Crippen MR) is 74.1 cm³/mol. The molecule has 0 radical (unpaired) electrons. The Balaban J connectivity index is 2.44. The molecule has 116 valence electrons. The number of carbonyl (C=O) groups excluding carboxylic acids is 1. The van der Waals surface area contributed by atoms with E-state index in [4.69, 9.17) is 11.6 Å². The maximum atomic E-state index is 14.1. The Morgan fingerprint density at radius 1 is 1.27 bits per heavy atom. The number of halogens is 6. The lowest BCUT2D eigenvalue weighted by Gasteiger charge is -2.14. The molecule has 0 spiro atoms. The van der Waals surface area contributed by atoms with Gasteiger partial charge in [0.1, 0.15) is 6.33 Å². The summed E-state index contributed by atoms with van der Waals surface area (Å²) in [4.78, 5) is 19.3. The lowest BCUT2D eigenvalue weighted by Crippen LogP contribution is -2.17. The molecule has 0 aliphatic heterocycles. The number of hydrogen-bond acceptors (Lipinski definition) is 3. The second kappa shape index (κ2) is 6.17. The largest absolute Gasteiger partial charge is 0.417 e. The van der Waals surface area contributed by atoms with Crippen molar-refractivity contribution in [3.63, 3.8) is 0 Å². The van der Waals surface area contributed by atoms with Crippen molar-refractivity contribution in [2.45, 2.75) is 6.18 Å². The topological polar surface area (TPSA) is 54.9 Å². The summed E-state index contributed by atoms with van der Waals surface area (Å²) in [6.07, 6.45) is -1.16. The molecule has 10 heteroatoms. The number of hydrogen-bond donors (Lipinski definition) is 1. The Kier molecular flexibility index (Phi) is 4.66. The van der Waals surface area contributed by atoms with Crippen molar-refractivity contribution >= 4 is 39.1 Å². The van der Waals surface area contributed by atoms with E-state index in [0.717, 1.165) is 0 Å². The van der Waals surface area contributed by atoms with Crippen molar-refractivity contribution in [1.82, 2.24) is 9.97 Å². The van der Waals surface area contributed by atoms with E-state index in [1.54, 1.807) is 0 Å². The van der Waals surface area contributed by atoms with Crippen LogP contribution in [0.25, 0.3) is 0 Å². The van der Waals surface area contributed by atoms with Crippen LogP contribution in [0.3, 0.4) is 0 Å². The fourth-order valence-corrected chi connectivity index (χ4v) is 2.41. The summed E-state index contributed by atoms with van der Waals surface area (Å²) in [5, 5.41) is 1.08. The van der Waals surface area contributed by atoms with Crippen LogP contribution in [-0.4, -0.2) is 15.9 Å². The van der Waals surface area contributed by atoms with Crippen molar-refractivity contribution in [3.05, 3.63) is 51.2 Å². The minimum atomic E-state index is -4.84. The highest BCUT2D eigenvalue weighted by molar-refractivity contribution is 9.10. The van der Waals surface area contributed by atoms with Gasteiger partial charge >= 0.3 is 6.18 Å². The normalized spacial score (nSPS) is 11.4. The fourth-order valence-electron chi connectivity index (χ4n) is 1.57. The lowest BCUT2D eigenvalue weighted by molar-refractivity contribution is -0.137. The second-order valence-corrected chi connectivity index (χ2v) is 5.22. The minimum absolute atomic E-state index is 0.148. The molecule has 1 aromatic carbocycles. The smallest absolute Gasteiger partial charge is 0.319 e. The summed E-state index contributed by atoms with van der Waals surface area (Å²) in [5.74, 6) is -2.47. The quantitative estimate of drug-likeness (QED) is 0.606. The van der Waals surface area contributed by atoms with Gasteiger partial charge in [-0.15, -0.1) is 0 Å². The zero-order valence-corrected chi connectivity index (χ0v) is 12.7. The van der Waals surface area contributed by atoms with Crippen molar-refractivity contribution in [1.29, 1.82) is 0 Å². The van der Waals surface area contributed by atoms with E-state index in [1.807, 2.05) is 0 Å². The molecular weight excluding hydrogens is 394 g/mol. The van der Waals surface area contributed by atoms with E-state index < -0.39 is 34.1 Å². The third-order valence-corrected chi connectivity index (χ3v) is 3.50. The van der Waals surface area contributed by atoms with Gasteiger partial charge in [0.15, 0.2) is 5.82 Å². The molecule has 1 aromatic heterocycles. The summed E-state index contributed by atoms with van der Waals surface area (Å²) in [6, 6.07) is 0.543. The third kappa shape index (κ3) is 3.36. The average Bonchev–Trinajstić information content (AvgIpc) is 2.43. The van der Waals surface area contributed by atoms with Crippen molar-refractivity contribution in [3.8, 4) is 0 Å². The number of alkyl halides is 3. The molecule has 0 bridgehead atoms. The van der Waals surface area contributed by atoms with Gasteiger partial charge in [-0.25, -0.2) is 14.4 Å². The van der Waals surface area contributed by atoms with Crippen molar-refractivity contribution in [2.75, 3.05) is 5.32 Å². The molecular formula is C12H5BrClF4N3O. The SMILES string of the molecule is O=C(Nc1cncnc1)c1c(Br)cc(C(F)(F)F)c(Cl)c1F. The third-order valence-electron chi connectivity index (χ3n) is 2.51. The summed E-state index contributed by atoms with van der Waals surface area (Å²) in [7, 11) is 0. The molecule has 0 unspecified atom stereocenters. The minimum Gasteiger partial charge on any atom is -0.319 e. The molecule has 1 N–H and O–H groups in total. The number of nitrogens with one attached hydrogen (secondary N) is 1. The van der Waals surface area contributed by atoms with Gasteiger partial charge in [-0.3, -0.25) is 4.79 Å². The van der Waals surface area contributed by atoms with Crippen LogP contribution in [0.15, 0.2) is 29.3 Å². The summed E-state index contributed by atoms with van der Waals surface area (Å²) < 4.78 is 51.8. The van der Waals surface area contributed by atoms with Crippen LogP contribution in [0.2, 0.25) is 5.02 Å². The molecule has 22 heavy (non-hydrogen) atoms. The summed E-state index contributed by atoms with van der Waals surface area (Å²) >= 11 is 8.13. The number of benzene rings is 1. The molecule has 0 atom stereocenters. The van der Waals surface area contributed by atoms with E-state index in [2.05, 4.69) is 31.2 Å². The first kappa shape index (κ1) is 16.6. The van der Waals surface area contributed by atoms with Gasteiger partial charge in [-0.2, -0.15) is 13.2 Å². The van der Waals surface area contributed by atoms with Gasteiger partial charge in [-0.05, 0) is 22.0 Å². The van der Waals surface area contributed by atoms with Crippen LogP contribution in [0.4, 0.5) is 23.2 Å². The summed E-state index contributed by atoms with van der Waals surface area (Å²) in [6.45, 7) is 0. The maximum absolute atomic E-state index is 14.1. The molecule has 0 saturated heterocycles. The molecule has 4 nitrogen and oxygen atoms in total. The zero-order chi connectivity index (χ0) is 16.5. The molecule has 1 heterocycles. The Morgan fingerprint density at radius 3 is 2.41 bits per heavy atom. The number of aromatic nitrogens is 2. The lowest BCUT2D eigenvalue weighted by atomic mass is 10.1. The molecule has 0 aliphatic carbocycles. The number of rotatable bonds is 2. The fraction of sp³-hybridized carbons (Fsp3) is 0.0833. The highest BCUT2D eigenvalue weighted by Crippen LogP contribution is 2.39. The second-order valence-electron chi connectivity index (χ2n) is 3.99.